The summed E-state index contributed by atoms with van der Waals surface area (Å²) >= 11 is 0. The molecule has 106 valence electrons. The number of nitrogens with zero attached hydrogens (tertiary/aromatic N) is 1. The Morgan fingerprint density at radius 2 is 1.89 bits per heavy atom. The average molecular weight is 265 g/mol. The zero-order chi connectivity index (χ0) is 14.0. The lowest BCUT2D eigenvalue weighted by Gasteiger charge is -2.40. The van der Waals surface area contributed by atoms with Crippen LogP contribution < -0.4 is 0 Å². The van der Waals surface area contributed by atoms with Crippen LogP contribution in [0.2, 0.25) is 0 Å². The van der Waals surface area contributed by atoms with Crippen molar-refractivity contribution in [3.63, 3.8) is 0 Å². The SMILES string of the molecule is CC(C)(C(=O)O)[C@H]1CCCN(C(=O)C2CC=CC2)C1. The number of likely N-dealkylation sites (tertiary alicyclic amines) is 1. The van der Waals surface area contributed by atoms with E-state index >= 15 is 0 Å². The maximum Gasteiger partial charge on any atom is 0.309 e. The Morgan fingerprint density at radius 3 is 2.47 bits per heavy atom. The fraction of sp³-hybridized carbons (Fsp3) is 0.733. The van der Waals surface area contributed by atoms with Crippen LogP contribution in [0.5, 0.6) is 0 Å². The van der Waals surface area contributed by atoms with Crippen LogP contribution in [0, 0.1) is 17.3 Å². The summed E-state index contributed by atoms with van der Waals surface area (Å²) in [5, 5.41) is 9.32. The first-order valence-corrected chi connectivity index (χ1v) is 7.10. The van der Waals surface area contributed by atoms with Crippen LogP contribution in [-0.4, -0.2) is 35.0 Å². The van der Waals surface area contributed by atoms with Gasteiger partial charge in [0.15, 0.2) is 0 Å². The lowest BCUT2D eigenvalue weighted by atomic mass is 9.74. The van der Waals surface area contributed by atoms with E-state index in [-0.39, 0.29) is 17.7 Å². The van der Waals surface area contributed by atoms with E-state index in [9.17, 15) is 14.7 Å². The molecule has 0 spiro atoms. The maximum atomic E-state index is 12.4. The molecule has 1 N–H and O–H groups in total. The van der Waals surface area contributed by atoms with E-state index in [2.05, 4.69) is 12.2 Å². The van der Waals surface area contributed by atoms with E-state index in [0.29, 0.717) is 6.54 Å². The third-order valence-corrected chi connectivity index (χ3v) is 4.66. The van der Waals surface area contributed by atoms with Crippen molar-refractivity contribution >= 4 is 11.9 Å². The predicted molar refractivity (Wildman–Crippen MR) is 72.6 cm³/mol. The van der Waals surface area contributed by atoms with Crippen LogP contribution >= 0.6 is 0 Å². The van der Waals surface area contributed by atoms with Gasteiger partial charge < -0.3 is 10.0 Å². The molecule has 4 heteroatoms. The number of amides is 1. The molecule has 1 heterocycles. The number of carboxylic acids is 1. The molecule has 0 unspecified atom stereocenters. The van der Waals surface area contributed by atoms with E-state index < -0.39 is 11.4 Å². The van der Waals surface area contributed by atoms with Gasteiger partial charge in [0, 0.05) is 19.0 Å². The smallest absolute Gasteiger partial charge is 0.309 e. The molecule has 0 radical (unpaired) electrons. The Labute approximate surface area is 114 Å². The molecule has 1 saturated heterocycles. The normalized spacial score (nSPS) is 24.7. The Morgan fingerprint density at radius 1 is 1.26 bits per heavy atom. The Hall–Kier alpha value is -1.32. The summed E-state index contributed by atoms with van der Waals surface area (Å²) in [7, 11) is 0. The lowest BCUT2D eigenvalue weighted by molar-refractivity contribution is -0.153. The number of carbonyl (C=O) groups is 2. The number of rotatable bonds is 3. The summed E-state index contributed by atoms with van der Waals surface area (Å²) < 4.78 is 0. The van der Waals surface area contributed by atoms with Gasteiger partial charge >= 0.3 is 5.97 Å². The minimum Gasteiger partial charge on any atom is -0.481 e. The largest absolute Gasteiger partial charge is 0.481 e. The number of piperidine rings is 1. The van der Waals surface area contributed by atoms with Crippen LogP contribution in [0.25, 0.3) is 0 Å². The van der Waals surface area contributed by atoms with Gasteiger partial charge in [-0.05, 0) is 45.4 Å². The highest BCUT2D eigenvalue weighted by Gasteiger charge is 2.40. The number of aliphatic carboxylic acids is 1. The first kappa shape index (κ1) is 14.1. The standard InChI is InChI=1S/C15H23NO3/c1-15(2,14(18)19)12-8-5-9-16(10-12)13(17)11-6-3-4-7-11/h3-4,11-12H,5-10H2,1-2H3,(H,18,19)/t12-/m0/s1. The number of allylic oxidation sites excluding steroid dienone is 2. The van der Waals surface area contributed by atoms with Crippen LogP contribution in [0.4, 0.5) is 0 Å². The Balaban J connectivity index is 2.01. The maximum absolute atomic E-state index is 12.4. The molecule has 1 atom stereocenters. The first-order valence-electron chi connectivity index (χ1n) is 7.10. The highest BCUT2D eigenvalue weighted by atomic mass is 16.4. The van der Waals surface area contributed by atoms with Gasteiger partial charge in [0.05, 0.1) is 5.41 Å². The zero-order valence-electron chi connectivity index (χ0n) is 11.8. The number of hydrogen-bond donors (Lipinski definition) is 1. The lowest BCUT2D eigenvalue weighted by Crippen LogP contribution is -2.48. The molecular formula is C15H23NO3. The molecule has 1 amide bonds. The van der Waals surface area contributed by atoms with Gasteiger partial charge in [0.1, 0.15) is 0 Å². The van der Waals surface area contributed by atoms with Crippen LogP contribution in [-0.2, 0) is 9.59 Å². The second-order valence-electron chi connectivity index (χ2n) is 6.29. The molecule has 1 aliphatic heterocycles. The second kappa shape index (κ2) is 5.35. The topological polar surface area (TPSA) is 57.6 Å². The van der Waals surface area contributed by atoms with E-state index in [0.717, 1.165) is 32.2 Å². The summed E-state index contributed by atoms with van der Waals surface area (Å²) in [6.45, 7) is 4.91. The van der Waals surface area contributed by atoms with Crippen molar-refractivity contribution in [2.45, 2.75) is 39.5 Å². The van der Waals surface area contributed by atoms with Gasteiger partial charge in [-0.3, -0.25) is 9.59 Å². The summed E-state index contributed by atoms with van der Waals surface area (Å²) in [6, 6.07) is 0. The van der Waals surface area contributed by atoms with Gasteiger partial charge in [-0.2, -0.15) is 0 Å². The molecule has 1 fully saturated rings. The minimum atomic E-state index is -0.769. The summed E-state index contributed by atoms with van der Waals surface area (Å²) in [5.74, 6) is -0.422. The number of carbonyl (C=O) groups excluding carboxylic acids is 1. The fourth-order valence-corrected chi connectivity index (χ4v) is 3.02. The molecule has 0 aromatic heterocycles. The summed E-state index contributed by atoms with van der Waals surface area (Å²) in [5.41, 5.74) is -0.757. The van der Waals surface area contributed by atoms with Crippen molar-refractivity contribution in [3.05, 3.63) is 12.2 Å². The van der Waals surface area contributed by atoms with Gasteiger partial charge in [-0.15, -0.1) is 0 Å². The van der Waals surface area contributed by atoms with Gasteiger partial charge in [0.2, 0.25) is 5.91 Å². The molecule has 2 rings (SSSR count). The van der Waals surface area contributed by atoms with Crippen LogP contribution in [0.1, 0.15) is 39.5 Å². The first-order chi connectivity index (χ1) is 8.93. The molecule has 0 saturated carbocycles. The number of hydrogen-bond acceptors (Lipinski definition) is 2. The average Bonchev–Trinajstić information content (AvgIpc) is 2.91. The van der Waals surface area contributed by atoms with Gasteiger partial charge in [0.25, 0.3) is 0 Å². The van der Waals surface area contributed by atoms with Crippen LogP contribution in [0.3, 0.4) is 0 Å². The van der Waals surface area contributed by atoms with Gasteiger partial charge in [-0.1, -0.05) is 12.2 Å². The molecule has 1 aliphatic carbocycles. The van der Waals surface area contributed by atoms with Crippen molar-refractivity contribution in [2.75, 3.05) is 13.1 Å². The molecule has 4 nitrogen and oxygen atoms in total. The van der Waals surface area contributed by atoms with Crippen molar-refractivity contribution < 1.29 is 14.7 Å². The summed E-state index contributed by atoms with van der Waals surface area (Å²) in [4.78, 5) is 25.6. The zero-order valence-corrected chi connectivity index (χ0v) is 11.8. The van der Waals surface area contributed by atoms with E-state index in [1.807, 2.05) is 4.90 Å². The van der Waals surface area contributed by atoms with Gasteiger partial charge in [-0.25, -0.2) is 0 Å². The quantitative estimate of drug-likeness (QED) is 0.797. The van der Waals surface area contributed by atoms with E-state index in [1.54, 1.807) is 13.8 Å². The minimum absolute atomic E-state index is 0.0528. The monoisotopic (exact) mass is 265 g/mol. The van der Waals surface area contributed by atoms with Crippen molar-refractivity contribution in [3.8, 4) is 0 Å². The summed E-state index contributed by atoms with van der Waals surface area (Å²) in [6.07, 6.45) is 7.60. The molecule has 2 aliphatic rings. The highest BCUT2D eigenvalue weighted by molar-refractivity contribution is 5.80. The Kier molecular flexibility index (Phi) is 3.97. The molecular weight excluding hydrogens is 242 g/mol. The third kappa shape index (κ3) is 2.82. The number of carboxylic acid groups (broad SMARTS) is 1. The Bertz CT molecular complexity index is 392. The fourth-order valence-electron chi connectivity index (χ4n) is 3.02. The molecule has 0 bridgehead atoms. The highest BCUT2D eigenvalue weighted by Crippen LogP contribution is 2.35. The molecule has 0 aromatic carbocycles. The van der Waals surface area contributed by atoms with Crippen LogP contribution in [0.15, 0.2) is 12.2 Å². The molecule has 0 aromatic rings. The van der Waals surface area contributed by atoms with Crippen molar-refractivity contribution in [1.29, 1.82) is 0 Å². The van der Waals surface area contributed by atoms with Crippen molar-refractivity contribution in [1.82, 2.24) is 4.90 Å². The third-order valence-electron chi connectivity index (χ3n) is 4.66. The second-order valence-corrected chi connectivity index (χ2v) is 6.29. The van der Waals surface area contributed by atoms with E-state index in [4.69, 9.17) is 0 Å². The van der Waals surface area contributed by atoms with E-state index in [1.165, 1.54) is 0 Å². The molecule has 19 heavy (non-hydrogen) atoms. The van der Waals surface area contributed by atoms with Crippen molar-refractivity contribution in [2.24, 2.45) is 17.3 Å². The predicted octanol–water partition coefficient (Wildman–Crippen LogP) is 2.30.